The van der Waals surface area contributed by atoms with Crippen LogP contribution in [0.1, 0.15) is 47.1 Å². The molecule has 33 heavy (non-hydrogen) atoms. The number of hydrogen-bond acceptors (Lipinski definition) is 1. The average molecular weight is 451 g/mol. The van der Waals surface area contributed by atoms with Crippen LogP contribution >= 0.6 is 0 Å². The van der Waals surface area contributed by atoms with Crippen LogP contribution in [0.3, 0.4) is 0 Å². The second kappa shape index (κ2) is 9.53. The first-order valence-corrected chi connectivity index (χ1v) is 10.9. The van der Waals surface area contributed by atoms with E-state index < -0.39 is 17.7 Å². The summed E-state index contributed by atoms with van der Waals surface area (Å²) in [5.41, 5.74) is 3.59. The van der Waals surface area contributed by atoms with E-state index in [-0.39, 0.29) is 12.3 Å². The lowest BCUT2D eigenvalue weighted by molar-refractivity contribution is -0.137. The van der Waals surface area contributed by atoms with Gasteiger partial charge in [-0.25, -0.2) is 0 Å². The van der Waals surface area contributed by atoms with Crippen LogP contribution in [-0.4, -0.2) is 10.9 Å². The van der Waals surface area contributed by atoms with E-state index >= 15 is 0 Å². The zero-order chi connectivity index (χ0) is 23.4. The molecule has 0 fully saturated rings. The molecule has 4 aromatic rings. The van der Waals surface area contributed by atoms with Gasteiger partial charge in [0, 0.05) is 36.0 Å². The highest BCUT2D eigenvalue weighted by Gasteiger charge is 2.32. The Balaban J connectivity index is 1.70. The zero-order valence-electron chi connectivity index (χ0n) is 18.2. The molecule has 6 heteroatoms. The normalized spacial score (nSPS) is 12.6. The predicted molar refractivity (Wildman–Crippen MR) is 124 cm³/mol. The SMILES string of the molecule is CCc1cccc2c([C@H](CC(=O)NCc3ccccc3)c3cccc(C(F)(F)F)c3)c[nH]c12. The van der Waals surface area contributed by atoms with Crippen molar-refractivity contribution in [1.29, 1.82) is 0 Å². The van der Waals surface area contributed by atoms with Gasteiger partial charge in [0.05, 0.1) is 5.56 Å². The molecule has 0 spiro atoms. The van der Waals surface area contributed by atoms with Crippen molar-refractivity contribution in [1.82, 2.24) is 10.3 Å². The van der Waals surface area contributed by atoms with Crippen LogP contribution in [0.5, 0.6) is 0 Å². The molecule has 1 aromatic heterocycles. The molecule has 0 aliphatic heterocycles. The fourth-order valence-corrected chi connectivity index (χ4v) is 4.21. The summed E-state index contributed by atoms with van der Waals surface area (Å²) in [6.07, 6.45) is -1.77. The summed E-state index contributed by atoms with van der Waals surface area (Å²) in [4.78, 5) is 16.2. The Morgan fingerprint density at radius 3 is 2.48 bits per heavy atom. The number of aryl methyl sites for hydroxylation is 1. The van der Waals surface area contributed by atoms with Crippen molar-refractivity contribution in [3.05, 3.63) is 107 Å². The van der Waals surface area contributed by atoms with Gasteiger partial charge in [-0.15, -0.1) is 0 Å². The van der Waals surface area contributed by atoms with Crippen molar-refractivity contribution in [2.45, 2.75) is 38.4 Å². The maximum Gasteiger partial charge on any atom is 0.416 e. The van der Waals surface area contributed by atoms with Gasteiger partial charge in [0.2, 0.25) is 5.91 Å². The number of carbonyl (C=O) groups excluding carboxylic acids is 1. The van der Waals surface area contributed by atoms with Crippen molar-refractivity contribution in [3.63, 3.8) is 0 Å². The zero-order valence-corrected chi connectivity index (χ0v) is 18.2. The van der Waals surface area contributed by atoms with Crippen LogP contribution in [0.4, 0.5) is 13.2 Å². The lowest BCUT2D eigenvalue weighted by Gasteiger charge is -2.19. The standard InChI is InChI=1S/C27H25F3N2O/c1-2-19-10-7-13-22-24(17-32-26(19)22)23(20-11-6-12-21(14-20)27(28,29)30)15-25(33)31-16-18-8-4-3-5-9-18/h3-14,17,23,32H,2,15-16H2,1H3,(H,31,33)/t23-/m1/s1. The molecular formula is C27H25F3N2O. The van der Waals surface area contributed by atoms with E-state index in [4.69, 9.17) is 0 Å². The molecule has 1 amide bonds. The highest BCUT2D eigenvalue weighted by Crippen LogP contribution is 2.37. The van der Waals surface area contributed by atoms with Crippen LogP contribution in [0.25, 0.3) is 10.9 Å². The van der Waals surface area contributed by atoms with Gasteiger partial charge in [0.15, 0.2) is 0 Å². The van der Waals surface area contributed by atoms with Crippen LogP contribution in [0.2, 0.25) is 0 Å². The maximum absolute atomic E-state index is 13.4. The van der Waals surface area contributed by atoms with E-state index in [2.05, 4.69) is 17.2 Å². The van der Waals surface area contributed by atoms with Gasteiger partial charge >= 0.3 is 6.18 Å². The van der Waals surface area contributed by atoms with E-state index in [0.717, 1.165) is 46.1 Å². The summed E-state index contributed by atoms with van der Waals surface area (Å²) in [5, 5.41) is 3.83. The monoisotopic (exact) mass is 450 g/mol. The van der Waals surface area contributed by atoms with Crippen molar-refractivity contribution >= 4 is 16.8 Å². The first kappa shape index (κ1) is 22.6. The van der Waals surface area contributed by atoms with Gasteiger partial charge in [0.25, 0.3) is 0 Å². The third kappa shape index (κ3) is 5.11. The molecule has 0 unspecified atom stereocenters. The van der Waals surface area contributed by atoms with Gasteiger partial charge in [-0.05, 0) is 34.7 Å². The molecule has 0 aliphatic carbocycles. The van der Waals surface area contributed by atoms with Crippen LogP contribution in [0.15, 0.2) is 79.0 Å². The number of aromatic amines is 1. The van der Waals surface area contributed by atoms with E-state index in [1.807, 2.05) is 54.7 Å². The number of alkyl halides is 3. The molecule has 1 heterocycles. The molecule has 170 valence electrons. The third-order valence-electron chi connectivity index (χ3n) is 5.93. The molecule has 0 saturated heterocycles. The lowest BCUT2D eigenvalue weighted by atomic mass is 9.86. The number of carbonyl (C=O) groups is 1. The van der Waals surface area contributed by atoms with Crippen molar-refractivity contribution in [2.24, 2.45) is 0 Å². The van der Waals surface area contributed by atoms with Crippen LogP contribution in [0, 0.1) is 0 Å². The highest BCUT2D eigenvalue weighted by molar-refractivity contribution is 5.88. The Morgan fingerprint density at radius 2 is 1.76 bits per heavy atom. The van der Waals surface area contributed by atoms with Gasteiger partial charge in [-0.3, -0.25) is 4.79 Å². The summed E-state index contributed by atoms with van der Waals surface area (Å²) in [6, 6.07) is 20.7. The summed E-state index contributed by atoms with van der Waals surface area (Å²) in [5.74, 6) is -0.744. The second-order valence-electron chi connectivity index (χ2n) is 8.08. The van der Waals surface area contributed by atoms with E-state index in [9.17, 15) is 18.0 Å². The Hall–Kier alpha value is -3.54. The Bertz CT molecular complexity index is 1250. The molecule has 2 N–H and O–H groups in total. The Morgan fingerprint density at radius 1 is 1.00 bits per heavy atom. The van der Waals surface area contributed by atoms with Gasteiger partial charge in [0.1, 0.15) is 0 Å². The van der Waals surface area contributed by atoms with Gasteiger partial charge in [-0.2, -0.15) is 13.2 Å². The molecule has 0 saturated carbocycles. The van der Waals surface area contributed by atoms with Crippen LogP contribution < -0.4 is 5.32 Å². The minimum Gasteiger partial charge on any atom is -0.361 e. The minimum atomic E-state index is -4.45. The number of H-pyrrole nitrogens is 1. The average Bonchev–Trinajstić information content (AvgIpc) is 3.25. The minimum absolute atomic E-state index is 0.0391. The Labute approximate surface area is 190 Å². The van der Waals surface area contributed by atoms with E-state index in [1.54, 1.807) is 6.07 Å². The number of aromatic nitrogens is 1. The fourth-order valence-electron chi connectivity index (χ4n) is 4.21. The fraction of sp³-hybridized carbons (Fsp3) is 0.222. The molecular weight excluding hydrogens is 425 g/mol. The predicted octanol–water partition coefficient (Wildman–Crippen LogP) is 6.59. The van der Waals surface area contributed by atoms with Gasteiger partial charge in [-0.1, -0.05) is 73.7 Å². The number of benzene rings is 3. The molecule has 0 radical (unpaired) electrons. The summed E-state index contributed by atoms with van der Waals surface area (Å²) in [7, 11) is 0. The number of rotatable bonds is 7. The molecule has 0 bridgehead atoms. The number of hydrogen-bond donors (Lipinski definition) is 2. The quantitative estimate of drug-likeness (QED) is 0.328. The van der Waals surface area contributed by atoms with Crippen molar-refractivity contribution < 1.29 is 18.0 Å². The molecule has 1 atom stereocenters. The van der Waals surface area contributed by atoms with Crippen molar-refractivity contribution in [3.8, 4) is 0 Å². The number of halogens is 3. The van der Waals surface area contributed by atoms with E-state index in [1.165, 1.54) is 6.07 Å². The summed E-state index contributed by atoms with van der Waals surface area (Å²) >= 11 is 0. The third-order valence-corrected chi connectivity index (χ3v) is 5.93. The first-order chi connectivity index (χ1) is 15.9. The number of para-hydroxylation sites is 1. The maximum atomic E-state index is 13.4. The molecule has 3 aromatic carbocycles. The topological polar surface area (TPSA) is 44.9 Å². The Kier molecular flexibility index (Phi) is 6.54. The summed E-state index contributed by atoms with van der Waals surface area (Å²) < 4.78 is 40.2. The number of nitrogens with one attached hydrogen (secondary N) is 2. The smallest absolute Gasteiger partial charge is 0.361 e. The van der Waals surface area contributed by atoms with Crippen molar-refractivity contribution in [2.75, 3.05) is 0 Å². The van der Waals surface area contributed by atoms with Crippen LogP contribution in [-0.2, 0) is 23.9 Å². The molecule has 4 rings (SSSR count). The van der Waals surface area contributed by atoms with E-state index in [0.29, 0.717) is 12.1 Å². The summed E-state index contributed by atoms with van der Waals surface area (Å²) in [6.45, 7) is 2.42. The number of amides is 1. The molecule has 0 aliphatic rings. The lowest BCUT2D eigenvalue weighted by Crippen LogP contribution is -2.25. The largest absolute Gasteiger partial charge is 0.416 e. The number of fused-ring (bicyclic) bond motifs is 1. The second-order valence-corrected chi connectivity index (χ2v) is 8.08. The first-order valence-electron chi connectivity index (χ1n) is 10.9. The highest BCUT2D eigenvalue weighted by atomic mass is 19.4. The molecule has 3 nitrogen and oxygen atoms in total. The van der Waals surface area contributed by atoms with Gasteiger partial charge < -0.3 is 10.3 Å².